The fourth-order valence-corrected chi connectivity index (χ4v) is 3.05. The summed E-state index contributed by atoms with van der Waals surface area (Å²) in [6.07, 6.45) is 3.19. The number of halogens is 2. The molecule has 23 heavy (non-hydrogen) atoms. The van der Waals surface area contributed by atoms with Crippen LogP contribution in [0.5, 0.6) is 0 Å². The van der Waals surface area contributed by atoms with Crippen LogP contribution in [0.25, 0.3) is 11.0 Å². The maximum absolute atomic E-state index is 12.2. The van der Waals surface area contributed by atoms with Gasteiger partial charge in [0.05, 0.1) is 5.69 Å². The minimum Gasteiger partial charge on any atom is -0.321 e. The third-order valence-corrected chi connectivity index (χ3v) is 4.29. The number of hydrogen-bond acceptors (Lipinski definition) is 4. The predicted octanol–water partition coefficient (Wildman–Crippen LogP) is 4.25. The molecule has 5 nitrogen and oxygen atoms in total. The average Bonchev–Trinajstić information content (AvgIpc) is 3.08. The number of amides is 1. The second-order valence-electron chi connectivity index (χ2n) is 4.47. The zero-order valence-corrected chi connectivity index (χ0v) is 13.8. The molecule has 2 heterocycles. The van der Waals surface area contributed by atoms with E-state index < -0.39 is 5.91 Å². The number of nitriles is 1. The zero-order chi connectivity index (χ0) is 16.4. The molecular weight excluding hydrogens is 355 g/mol. The van der Waals surface area contributed by atoms with Crippen molar-refractivity contribution < 1.29 is 4.79 Å². The van der Waals surface area contributed by atoms with E-state index in [0.29, 0.717) is 21.4 Å². The molecule has 8 heteroatoms. The van der Waals surface area contributed by atoms with Gasteiger partial charge in [0.1, 0.15) is 11.6 Å². The molecule has 3 aromatic rings. The first-order chi connectivity index (χ1) is 11.1. The average molecular weight is 363 g/mol. The van der Waals surface area contributed by atoms with Crippen LogP contribution in [0.3, 0.4) is 0 Å². The Morgan fingerprint density at radius 2 is 2.09 bits per heavy atom. The number of nitrogens with zero attached hydrogens (tertiary/aromatic N) is 3. The number of carbonyl (C=O) groups excluding carboxylic acids is 1. The van der Waals surface area contributed by atoms with Crippen molar-refractivity contribution in [2.24, 2.45) is 0 Å². The molecule has 3 rings (SSSR count). The highest BCUT2D eigenvalue weighted by Crippen LogP contribution is 2.24. The van der Waals surface area contributed by atoms with Gasteiger partial charge in [-0.15, -0.1) is 11.3 Å². The van der Waals surface area contributed by atoms with E-state index in [1.807, 2.05) is 11.4 Å². The van der Waals surface area contributed by atoms with Gasteiger partial charge in [-0.25, -0.2) is 4.98 Å². The normalized spacial score (nSPS) is 11.4. The monoisotopic (exact) mass is 362 g/mol. The molecule has 0 unspecified atom stereocenters. The van der Waals surface area contributed by atoms with E-state index in [1.54, 1.807) is 34.9 Å². The van der Waals surface area contributed by atoms with Crippen molar-refractivity contribution in [3.63, 3.8) is 0 Å². The van der Waals surface area contributed by atoms with E-state index in [0.717, 1.165) is 0 Å². The second kappa shape index (κ2) is 6.42. The minimum atomic E-state index is -0.531. The number of rotatable bonds is 3. The Bertz CT molecular complexity index is 950. The van der Waals surface area contributed by atoms with E-state index >= 15 is 0 Å². The smallest absolute Gasteiger partial charge is 0.266 e. The molecule has 0 spiro atoms. The predicted molar refractivity (Wildman–Crippen MR) is 91.8 cm³/mol. The third-order valence-electron chi connectivity index (χ3n) is 3.00. The van der Waals surface area contributed by atoms with Crippen LogP contribution in [0.15, 0.2) is 41.4 Å². The molecule has 0 aliphatic heterocycles. The lowest BCUT2D eigenvalue weighted by molar-refractivity contribution is -0.112. The summed E-state index contributed by atoms with van der Waals surface area (Å²) in [4.78, 5) is 17.1. The Morgan fingerprint density at radius 3 is 2.78 bits per heavy atom. The molecule has 0 aliphatic rings. The molecule has 0 saturated heterocycles. The van der Waals surface area contributed by atoms with Crippen molar-refractivity contribution in [1.29, 1.82) is 5.26 Å². The number of fused-ring (bicyclic) bond motifs is 1. The fourth-order valence-electron chi connectivity index (χ4n) is 1.92. The lowest BCUT2D eigenvalue weighted by atomic mass is 10.2. The highest BCUT2D eigenvalue weighted by atomic mass is 35.5. The van der Waals surface area contributed by atoms with Crippen molar-refractivity contribution >= 4 is 57.2 Å². The van der Waals surface area contributed by atoms with Gasteiger partial charge in [-0.05, 0) is 30.3 Å². The Kier molecular flexibility index (Phi) is 4.35. The van der Waals surface area contributed by atoms with Crippen molar-refractivity contribution in [2.75, 3.05) is 5.32 Å². The molecule has 0 fully saturated rings. The molecule has 0 saturated carbocycles. The van der Waals surface area contributed by atoms with E-state index in [1.165, 1.54) is 17.4 Å². The number of benzene rings is 1. The SMILES string of the molecule is N#C/C(=C\c1c(Cl)nc2sccn12)C(=O)Nc1ccc(Cl)cc1. The molecule has 0 radical (unpaired) electrons. The number of anilines is 1. The number of hydrogen-bond donors (Lipinski definition) is 1. The van der Waals surface area contributed by atoms with Gasteiger partial charge >= 0.3 is 0 Å². The van der Waals surface area contributed by atoms with Gasteiger partial charge in [-0.3, -0.25) is 9.20 Å². The summed E-state index contributed by atoms with van der Waals surface area (Å²) in [7, 11) is 0. The second-order valence-corrected chi connectivity index (χ2v) is 6.14. The van der Waals surface area contributed by atoms with Crippen LogP contribution in [0.2, 0.25) is 10.2 Å². The molecular formula is C15H8Cl2N4OS. The molecule has 0 aliphatic carbocycles. The van der Waals surface area contributed by atoms with Gasteiger partial charge in [0.15, 0.2) is 10.1 Å². The van der Waals surface area contributed by atoms with Gasteiger partial charge in [0.25, 0.3) is 5.91 Å². The third kappa shape index (κ3) is 3.22. The summed E-state index contributed by atoms with van der Waals surface area (Å²) >= 11 is 13.3. The van der Waals surface area contributed by atoms with E-state index in [9.17, 15) is 10.1 Å². The highest BCUT2D eigenvalue weighted by Gasteiger charge is 2.14. The van der Waals surface area contributed by atoms with Crippen molar-refractivity contribution in [1.82, 2.24) is 9.38 Å². The van der Waals surface area contributed by atoms with Gasteiger partial charge in [-0.2, -0.15) is 5.26 Å². The summed E-state index contributed by atoms with van der Waals surface area (Å²) in [5.74, 6) is -0.531. The number of imidazole rings is 1. The Labute approximate surface area is 145 Å². The molecule has 0 bridgehead atoms. The van der Waals surface area contributed by atoms with Crippen LogP contribution < -0.4 is 5.32 Å². The van der Waals surface area contributed by atoms with Crippen LogP contribution in [-0.2, 0) is 4.79 Å². The summed E-state index contributed by atoms with van der Waals surface area (Å²) < 4.78 is 1.72. The summed E-state index contributed by atoms with van der Waals surface area (Å²) in [5.41, 5.74) is 0.959. The first kappa shape index (κ1) is 15.6. The van der Waals surface area contributed by atoms with Crippen LogP contribution in [0, 0.1) is 11.3 Å². The number of carbonyl (C=O) groups is 1. The Balaban J connectivity index is 1.91. The molecule has 1 aromatic carbocycles. The fraction of sp³-hybridized carbons (Fsp3) is 0. The Hall–Kier alpha value is -2.33. The largest absolute Gasteiger partial charge is 0.321 e. The number of nitrogens with one attached hydrogen (secondary N) is 1. The van der Waals surface area contributed by atoms with E-state index in [-0.39, 0.29) is 10.7 Å². The van der Waals surface area contributed by atoms with E-state index in [2.05, 4.69) is 10.3 Å². The highest BCUT2D eigenvalue weighted by molar-refractivity contribution is 7.15. The van der Waals surface area contributed by atoms with Crippen molar-refractivity contribution in [3.05, 3.63) is 57.3 Å². The molecule has 1 amide bonds. The van der Waals surface area contributed by atoms with Crippen LogP contribution in [-0.4, -0.2) is 15.3 Å². The zero-order valence-electron chi connectivity index (χ0n) is 11.5. The molecule has 0 atom stereocenters. The quantitative estimate of drug-likeness (QED) is 0.559. The van der Waals surface area contributed by atoms with E-state index in [4.69, 9.17) is 23.2 Å². The van der Waals surface area contributed by atoms with Crippen LogP contribution in [0.4, 0.5) is 5.69 Å². The number of aromatic nitrogens is 2. The maximum Gasteiger partial charge on any atom is 0.266 e. The van der Waals surface area contributed by atoms with Gasteiger partial charge in [-0.1, -0.05) is 23.2 Å². The molecule has 1 N–H and O–H groups in total. The lowest BCUT2D eigenvalue weighted by Crippen LogP contribution is -2.13. The Morgan fingerprint density at radius 1 is 1.35 bits per heavy atom. The van der Waals surface area contributed by atoms with Gasteiger partial charge in [0.2, 0.25) is 0 Å². The number of thiazole rings is 1. The van der Waals surface area contributed by atoms with Crippen LogP contribution >= 0.6 is 34.5 Å². The maximum atomic E-state index is 12.2. The van der Waals surface area contributed by atoms with Crippen LogP contribution in [0.1, 0.15) is 5.69 Å². The molecule has 2 aromatic heterocycles. The first-order valence-corrected chi connectivity index (χ1v) is 8.02. The standard InChI is InChI=1S/C15H8Cl2N4OS/c16-10-1-3-11(4-2-10)19-14(22)9(8-18)7-12-13(17)20-15-21(12)5-6-23-15/h1-7H,(H,19,22)/b9-7+. The van der Waals surface area contributed by atoms with Crippen molar-refractivity contribution in [3.8, 4) is 6.07 Å². The lowest BCUT2D eigenvalue weighted by Gasteiger charge is -2.04. The molecule has 114 valence electrons. The van der Waals surface area contributed by atoms with Crippen molar-refractivity contribution in [2.45, 2.75) is 0 Å². The first-order valence-electron chi connectivity index (χ1n) is 6.38. The minimum absolute atomic E-state index is 0.0742. The topological polar surface area (TPSA) is 70.2 Å². The summed E-state index contributed by atoms with van der Waals surface area (Å²) in [5, 5.41) is 14.5. The van der Waals surface area contributed by atoms with Gasteiger partial charge in [0, 0.05) is 22.3 Å². The van der Waals surface area contributed by atoms with Gasteiger partial charge < -0.3 is 5.32 Å². The summed E-state index contributed by atoms with van der Waals surface area (Å²) in [6.45, 7) is 0. The summed E-state index contributed by atoms with van der Waals surface area (Å²) in [6, 6.07) is 8.48.